The first-order valence-corrected chi connectivity index (χ1v) is 11.8. The van der Waals surface area contributed by atoms with Crippen LogP contribution in [0.25, 0.3) is 0 Å². The highest BCUT2D eigenvalue weighted by Crippen LogP contribution is 2.26. The van der Waals surface area contributed by atoms with Gasteiger partial charge in [0.15, 0.2) is 12.4 Å². The van der Waals surface area contributed by atoms with Gasteiger partial charge >= 0.3 is 5.97 Å². The lowest BCUT2D eigenvalue weighted by Gasteiger charge is -2.16. The van der Waals surface area contributed by atoms with Crippen molar-refractivity contribution in [3.8, 4) is 0 Å². The van der Waals surface area contributed by atoms with E-state index in [1.807, 2.05) is 12.1 Å². The molecule has 158 valence electrons. The second-order valence-electron chi connectivity index (χ2n) is 7.59. The molecular weight excluding hydrogens is 426 g/mol. The lowest BCUT2D eigenvalue weighted by molar-refractivity contribution is 0.0474. The topological polar surface area (TPSA) is 80.8 Å². The third-order valence-electron chi connectivity index (χ3n) is 5.62. The minimum absolute atomic E-state index is 0.00861. The summed E-state index contributed by atoms with van der Waals surface area (Å²) in [5, 5.41) is 0.0744. The molecule has 4 rings (SSSR count). The second kappa shape index (κ2) is 8.49. The van der Waals surface area contributed by atoms with Gasteiger partial charge < -0.3 is 4.74 Å². The van der Waals surface area contributed by atoms with Gasteiger partial charge in [0.2, 0.25) is 10.0 Å². The zero-order chi connectivity index (χ0) is 21.3. The Bertz CT molecular complexity index is 1110. The maximum Gasteiger partial charge on any atom is 0.340 e. The molecule has 6 nitrogen and oxygen atoms in total. The average molecular weight is 448 g/mol. The number of ketones is 1. The van der Waals surface area contributed by atoms with Crippen LogP contribution < -0.4 is 0 Å². The Hall–Kier alpha value is -2.22. The number of aryl methyl sites for hydroxylation is 2. The Balaban J connectivity index is 1.47. The number of nitrogens with zero attached hydrogens (tertiary/aromatic N) is 1. The van der Waals surface area contributed by atoms with Gasteiger partial charge in [-0.25, -0.2) is 13.2 Å². The molecule has 2 aromatic rings. The fourth-order valence-electron chi connectivity index (χ4n) is 3.94. The van der Waals surface area contributed by atoms with Crippen LogP contribution in [0.1, 0.15) is 51.1 Å². The zero-order valence-electron chi connectivity index (χ0n) is 16.4. The van der Waals surface area contributed by atoms with Crippen molar-refractivity contribution in [3.05, 3.63) is 63.7 Å². The van der Waals surface area contributed by atoms with Crippen LogP contribution in [-0.4, -0.2) is 44.2 Å². The van der Waals surface area contributed by atoms with Gasteiger partial charge in [0.1, 0.15) is 0 Å². The number of esters is 1. The molecule has 1 saturated heterocycles. The highest BCUT2D eigenvalue weighted by Gasteiger charge is 2.28. The first kappa shape index (κ1) is 21.0. The average Bonchev–Trinajstić information content (AvgIpc) is 3.43. The lowest BCUT2D eigenvalue weighted by atomic mass is 10.0. The molecule has 0 atom stereocenters. The Morgan fingerprint density at radius 2 is 1.70 bits per heavy atom. The van der Waals surface area contributed by atoms with Crippen LogP contribution in [0.2, 0.25) is 5.02 Å². The van der Waals surface area contributed by atoms with Gasteiger partial charge in [0, 0.05) is 18.7 Å². The molecule has 30 heavy (non-hydrogen) atoms. The van der Waals surface area contributed by atoms with Crippen LogP contribution in [0.15, 0.2) is 41.3 Å². The summed E-state index contributed by atoms with van der Waals surface area (Å²) >= 11 is 6.10. The number of Topliss-reactive ketones (excluding diaryl/α,β-unsaturated/α-hetero) is 1. The fourth-order valence-corrected chi connectivity index (χ4v) is 5.67. The van der Waals surface area contributed by atoms with E-state index in [1.165, 1.54) is 28.1 Å². The van der Waals surface area contributed by atoms with Crippen LogP contribution in [0.4, 0.5) is 0 Å². The van der Waals surface area contributed by atoms with E-state index in [0.29, 0.717) is 18.7 Å². The number of hydrogen-bond acceptors (Lipinski definition) is 5. The summed E-state index contributed by atoms with van der Waals surface area (Å²) in [6, 6.07) is 9.51. The molecule has 0 aromatic heterocycles. The highest BCUT2D eigenvalue weighted by atomic mass is 35.5. The van der Waals surface area contributed by atoms with Crippen molar-refractivity contribution in [1.29, 1.82) is 0 Å². The van der Waals surface area contributed by atoms with Crippen molar-refractivity contribution >= 4 is 33.4 Å². The minimum Gasteiger partial charge on any atom is -0.454 e. The molecule has 0 amide bonds. The number of fused-ring (bicyclic) bond motifs is 1. The number of hydrogen-bond donors (Lipinski definition) is 0. The van der Waals surface area contributed by atoms with E-state index in [9.17, 15) is 18.0 Å². The molecule has 0 unspecified atom stereocenters. The molecule has 1 fully saturated rings. The van der Waals surface area contributed by atoms with Crippen LogP contribution in [0.5, 0.6) is 0 Å². The normalized spacial score (nSPS) is 16.4. The number of halogens is 1. The molecule has 0 saturated carbocycles. The summed E-state index contributed by atoms with van der Waals surface area (Å²) < 4.78 is 32.0. The molecule has 0 spiro atoms. The van der Waals surface area contributed by atoms with Gasteiger partial charge in [0.05, 0.1) is 15.5 Å². The van der Waals surface area contributed by atoms with E-state index in [0.717, 1.165) is 37.7 Å². The smallest absolute Gasteiger partial charge is 0.340 e. The second-order valence-corrected chi connectivity index (χ2v) is 9.93. The number of carbonyl (C=O) groups is 2. The third-order valence-corrected chi connectivity index (χ3v) is 7.84. The van der Waals surface area contributed by atoms with Crippen LogP contribution >= 0.6 is 11.6 Å². The predicted octanol–water partition coefficient (Wildman–Crippen LogP) is 3.65. The number of rotatable bonds is 6. The number of sulfonamides is 1. The van der Waals surface area contributed by atoms with Crippen LogP contribution in [-0.2, 0) is 27.6 Å². The molecule has 2 aromatic carbocycles. The van der Waals surface area contributed by atoms with Gasteiger partial charge in [-0.2, -0.15) is 4.31 Å². The zero-order valence-corrected chi connectivity index (χ0v) is 18.0. The van der Waals surface area contributed by atoms with Crippen LogP contribution in [0.3, 0.4) is 0 Å². The Kier molecular flexibility index (Phi) is 5.95. The summed E-state index contributed by atoms with van der Waals surface area (Å²) in [5.41, 5.74) is 2.85. The van der Waals surface area contributed by atoms with Crippen molar-refractivity contribution in [3.63, 3.8) is 0 Å². The van der Waals surface area contributed by atoms with Crippen molar-refractivity contribution in [1.82, 2.24) is 4.31 Å². The van der Waals surface area contributed by atoms with Gasteiger partial charge in [0.25, 0.3) is 0 Å². The maximum absolute atomic E-state index is 12.7. The number of ether oxygens (including phenoxy) is 1. The molecular formula is C22H22ClNO5S. The molecule has 0 N–H and O–H groups in total. The largest absolute Gasteiger partial charge is 0.454 e. The molecule has 8 heteroatoms. The van der Waals surface area contributed by atoms with Gasteiger partial charge in [-0.3, -0.25) is 4.79 Å². The standard InChI is InChI=1S/C22H22ClNO5S/c23-20-9-8-18(30(27,28)24-10-1-2-11-24)13-19(20)22(26)29-14-21(25)17-7-6-15-4-3-5-16(15)12-17/h6-9,12-13H,1-5,10-11,14H2. The SMILES string of the molecule is O=C(COC(=O)c1cc(S(=O)(=O)N2CCCC2)ccc1Cl)c1ccc2c(c1)CCC2. The lowest BCUT2D eigenvalue weighted by Crippen LogP contribution is -2.28. The number of carbonyl (C=O) groups excluding carboxylic acids is 2. The van der Waals surface area contributed by atoms with Crippen LogP contribution in [0, 0.1) is 0 Å². The summed E-state index contributed by atoms with van der Waals surface area (Å²) in [7, 11) is -3.69. The Morgan fingerprint density at radius 3 is 2.47 bits per heavy atom. The van der Waals surface area contributed by atoms with Crippen molar-refractivity contribution in [2.24, 2.45) is 0 Å². The summed E-state index contributed by atoms with van der Waals surface area (Å²) in [6.45, 7) is 0.483. The Labute approximate surface area is 180 Å². The first-order chi connectivity index (χ1) is 14.4. The van der Waals surface area contributed by atoms with Crippen molar-refractivity contribution < 1.29 is 22.7 Å². The molecule has 1 heterocycles. The molecule has 2 aliphatic rings. The van der Waals surface area contributed by atoms with E-state index in [1.54, 1.807) is 6.07 Å². The fraction of sp³-hybridized carbons (Fsp3) is 0.364. The van der Waals surface area contributed by atoms with E-state index in [2.05, 4.69) is 0 Å². The highest BCUT2D eigenvalue weighted by molar-refractivity contribution is 7.89. The van der Waals surface area contributed by atoms with E-state index in [-0.39, 0.29) is 21.3 Å². The molecule has 1 aliphatic heterocycles. The van der Waals surface area contributed by atoms with E-state index in [4.69, 9.17) is 16.3 Å². The van der Waals surface area contributed by atoms with Crippen molar-refractivity contribution in [2.45, 2.75) is 37.0 Å². The summed E-state index contributed by atoms with van der Waals surface area (Å²) in [5.74, 6) is -1.14. The molecule has 0 bridgehead atoms. The maximum atomic E-state index is 12.7. The van der Waals surface area contributed by atoms with Gasteiger partial charge in [-0.15, -0.1) is 0 Å². The monoisotopic (exact) mass is 447 g/mol. The van der Waals surface area contributed by atoms with Gasteiger partial charge in [-0.1, -0.05) is 23.7 Å². The summed E-state index contributed by atoms with van der Waals surface area (Å²) in [6.07, 6.45) is 4.67. The van der Waals surface area contributed by atoms with Crippen molar-refractivity contribution in [2.75, 3.05) is 19.7 Å². The predicted molar refractivity (Wildman–Crippen MR) is 113 cm³/mol. The first-order valence-electron chi connectivity index (χ1n) is 9.98. The molecule has 1 aliphatic carbocycles. The third kappa shape index (κ3) is 4.15. The minimum atomic E-state index is -3.69. The number of benzene rings is 2. The van der Waals surface area contributed by atoms with E-state index >= 15 is 0 Å². The summed E-state index contributed by atoms with van der Waals surface area (Å²) in [4.78, 5) is 25.0. The van der Waals surface area contributed by atoms with Gasteiger partial charge in [-0.05, 0) is 67.5 Å². The molecule has 0 radical (unpaired) electrons. The van der Waals surface area contributed by atoms with E-state index < -0.39 is 22.6 Å². The quantitative estimate of drug-likeness (QED) is 0.498. The Morgan fingerprint density at radius 1 is 0.967 bits per heavy atom.